The molecule has 3 rings (SSSR count). The van der Waals surface area contributed by atoms with E-state index in [0.29, 0.717) is 12.0 Å². The van der Waals surface area contributed by atoms with E-state index in [4.69, 9.17) is 0 Å². The van der Waals surface area contributed by atoms with Gasteiger partial charge in [0.05, 0.1) is 5.56 Å². The molecule has 0 heterocycles. The van der Waals surface area contributed by atoms with Crippen molar-refractivity contribution in [2.45, 2.75) is 32.4 Å². The zero-order chi connectivity index (χ0) is 25.2. The van der Waals surface area contributed by atoms with E-state index in [1.54, 1.807) is 6.92 Å². The van der Waals surface area contributed by atoms with Crippen LogP contribution in [0.2, 0.25) is 0 Å². The van der Waals surface area contributed by atoms with Crippen LogP contribution in [0.15, 0.2) is 42.5 Å². The molecule has 0 saturated carbocycles. The molecule has 9 heteroatoms. The minimum absolute atomic E-state index is 0.0470. The Hall–Kier alpha value is -3.23. The highest BCUT2D eigenvalue weighted by Crippen LogP contribution is 2.31. The molecule has 180 valence electrons. The monoisotopic (exact) mass is 488 g/mol. The van der Waals surface area contributed by atoms with E-state index in [9.17, 15) is 39.5 Å². The van der Waals surface area contributed by atoms with E-state index in [2.05, 4.69) is 0 Å². The number of halogens is 9. The van der Waals surface area contributed by atoms with Gasteiger partial charge in [-0.25, -0.2) is 26.3 Å². The van der Waals surface area contributed by atoms with Gasteiger partial charge >= 0.3 is 6.18 Å². The smallest absolute Gasteiger partial charge is 0.207 e. The quantitative estimate of drug-likeness (QED) is 0.308. The summed E-state index contributed by atoms with van der Waals surface area (Å²) in [5.74, 6) is -6.72. The zero-order valence-electron chi connectivity index (χ0n) is 17.6. The van der Waals surface area contributed by atoms with Crippen LogP contribution in [-0.4, -0.2) is 6.18 Å². The summed E-state index contributed by atoms with van der Waals surface area (Å²) in [5, 5.41) is 0. The molecule has 0 saturated heterocycles. The highest BCUT2D eigenvalue weighted by atomic mass is 19.4. The highest BCUT2D eigenvalue weighted by Gasteiger charge is 2.23. The predicted molar refractivity (Wildman–Crippen MR) is 110 cm³/mol. The van der Waals surface area contributed by atoms with Crippen molar-refractivity contribution in [3.63, 3.8) is 0 Å². The predicted octanol–water partition coefficient (Wildman–Crippen LogP) is 8.11. The van der Waals surface area contributed by atoms with E-state index in [0.717, 1.165) is 36.4 Å². The lowest BCUT2D eigenvalue weighted by atomic mass is 9.97. The van der Waals surface area contributed by atoms with E-state index in [-0.39, 0.29) is 36.1 Å². The number of rotatable bonds is 6. The SMILES string of the molecule is CCc1cc(F)c(-c2cc(F)c(CCc3cc(F)c(/C=C/C(F)(F)F)c(F)c3)c(F)c2)c(F)c1. The summed E-state index contributed by atoms with van der Waals surface area (Å²) in [6.07, 6.45) is -5.09. The number of hydrogen-bond acceptors (Lipinski definition) is 0. The molecule has 0 fully saturated rings. The first-order valence-electron chi connectivity index (χ1n) is 10.1. The minimum atomic E-state index is -4.76. The van der Waals surface area contributed by atoms with Gasteiger partial charge in [0.1, 0.15) is 34.9 Å². The second kappa shape index (κ2) is 9.95. The molecule has 0 nitrogen and oxygen atoms in total. The first-order chi connectivity index (χ1) is 15.9. The summed E-state index contributed by atoms with van der Waals surface area (Å²) in [4.78, 5) is 0. The molecule has 0 amide bonds. The van der Waals surface area contributed by atoms with E-state index in [1.807, 2.05) is 0 Å². The highest BCUT2D eigenvalue weighted by molar-refractivity contribution is 5.66. The summed E-state index contributed by atoms with van der Waals surface area (Å²) in [7, 11) is 0. The van der Waals surface area contributed by atoms with Crippen LogP contribution in [0.5, 0.6) is 0 Å². The van der Waals surface area contributed by atoms with Gasteiger partial charge in [0, 0.05) is 17.2 Å². The number of alkyl halides is 3. The van der Waals surface area contributed by atoms with Gasteiger partial charge in [-0.15, -0.1) is 0 Å². The largest absolute Gasteiger partial charge is 0.409 e. The van der Waals surface area contributed by atoms with Gasteiger partial charge in [-0.1, -0.05) is 6.92 Å². The van der Waals surface area contributed by atoms with Gasteiger partial charge in [-0.3, -0.25) is 0 Å². The van der Waals surface area contributed by atoms with Gasteiger partial charge in [-0.2, -0.15) is 13.2 Å². The van der Waals surface area contributed by atoms with Crippen molar-refractivity contribution >= 4 is 6.08 Å². The van der Waals surface area contributed by atoms with Crippen molar-refractivity contribution in [1.82, 2.24) is 0 Å². The Morgan fingerprint density at radius 1 is 0.647 bits per heavy atom. The van der Waals surface area contributed by atoms with Crippen molar-refractivity contribution < 1.29 is 39.5 Å². The van der Waals surface area contributed by atoms with Crippen molar-refractivity contribution in [1.29, 1.82) is 0 Å². The van der Waals surface area contributed by atoms with Gasteiger partial charge in [0.15, 0.2) is 0 Å². The Labute approximate surface area is 189 Å². The Morgan fingerprint density at radius 3 is 1.62 bits per heavy atom. The molecule has 0 aliphatic carbocycles. The van der Waals surface area contributed by atoms with Crippen LogP contribution in [0, 0.1) is 34.9 Å². The van der Waals surface area contributed by atoms with Crippen molar-refractivity contribution in [2.24, 2.45) is 0 Å². The van der Waals surface area contributed by atoms with Crippen molar-refractivity contribution in [3.8, 4) is 11.1 Å². The van der Waals surface area contributed by atoms with E-state index < -0.39 is 57.8 Å². The fourth-order valence-electron chi connectivity index (χ4n) is 3.48. The molecular formula is C25H17F9. The van der Waals surface area contributed by atoms with Crippen LogP contribution >= 0.6 is 0 Å². The van der Waals surface area contributed by atoms with E-state index >= 15 is 0 Å². The molecule has 3 aromatic rings. The fraction of sp³-hybridized carbons (Fsp3) is 0.200. The molecule has 0 atom stereocenters. The van der Waals surface area contributed by atoms with Crippen molar-refractivity contribution in [2.75, 3.05) is 0 Å². The molecule has 0 spiro atoms. The molecule has 0 radical (unpaired) electrons. The summed E-state index contributed by atoms with van der Waals surface area (Å²) in [6, 6.07) is 5.19. The molecule has 34 heavy (non-hydrogen) atoms. The number of benzene rings is 3. The molecule has 0 aliphatic rings. The van der Waals surface area contributed by atoms with Gasteiger partial charge < -0.3 is 0 Å². The molecule has 0 aromatic heterocycles. The van der Waals surface area contributed by atoms with Gasteiger partial charge in [-0.05, 0) is 78.4 Å². The summed E-state index contributed by atoms with van der Waals surface area (Å²) < 4.78 is 123. The summed E-state index contributed by atoms with van der Waals surface area (Å²) >= 11 is 0. The molecule has 0 N–H and O–H groups in total. The van der Waals surface area contributed by atoms with Crippen LogP contribution in [0.1, 0.15) is 29.2 Å². The third-order valence-electron chi connectivity index (χ3n) is 5.18. The lowest BCUT2D eigenvalue weighted by Crippen LogP contribution is -2.03. The third kappa shape index (κ3) is 5.81. The fourth-order valence-corrected chi connectivity index (χ4v) is 3.48. The standard InChI is InChI=1S/C25H17F9/c1-2-13-7-22(30)24(23(31)8-13)15-11-20(28)16(21(29)12-15)4-3-14-9-18(26)17(19(27)10-14)5-6-25(32,33)34/h5-12H,2-4H2,1H3/b6-5+. The molecule has 0 bridgehead atoms. The number of allylic oxidation sites excluding steroid dienone is 1. The van der Waals surface area contributed by atoms with Crippen LogP contribution in [0.25, 0.3) is 17.2 Å². The lowest BCUT2D eigenvalue weighted by molar-refractivity contribution is -0.0790. The average Bonchev–Trinajstić information content (AvgIpc) is 2.71. The number of aryl methyl sites for hydroxylation is 2. The van der Waals surface area contributed by atoms with Gasteiger partial charge in [0.25, 0.3) is 0 Å². The maximum absolute atomic E-state index is 14.6. The van der Waals surface area contributed by atoms with Crippen LogP contribution in [0.4, 0.5) is 39.5 Å². The molecule has 3 aromatic carbocycles. The molecule has 0 aliphatic heterocycles. The molecule has 0 unspecified atom stereocenters. The Balaban J connectivity index is 1.85. The maximum atomic E-state index is 14.6. The first kappa shape index (κ1) is 25.4. The van der Waals surface area contributed by atoms with Gasteiger partial charge in [0.2, 0.25) is 0 Å². The Morgan fingerprint density at radius 2 is 1.15 bits per heavy atom. The minimum Gasteiger partial charge on any atom is -0.207 e. The van der Waals surface area contributed by atoms with Crippen LogP contribution in [-0.2, 0) is 19.3 Å². The first-order valence-corrected chi connectivity index (χ1v) is 10.1. The zero-order valence-corrected chi connectivity index (χ0v) is 17.6. The summed E-state index contributed by atoms with van der Waals surface area (Å²) in [5.41, 5.74) is -2.00. The van der Waals surface area contributed by atoms with Crippen molar-refractivity contribution in [3.05, 3.63) is 99.6 Å². The second-order valence-electron chi connectivity index (χ2n) is 7.55. The Bertz CT molecular complexity index is 1170. The maximum Gasteiger partial charge on any atom is 0.409 e. The topological polar surface area (TPSA) is 0 Å². The Kier molecular flexibility index (Phi) is 7.43. The average molecular weight is 488 g/mol. The normalized spacial score (nSPS) is 12.1. The van der Waals surface area contributed by atoms with E-state index in [1.165, 1.54) is 0 Å². The second-order valence-corrected chi connectivity index (χ2v) is 7.55. The third-order valence-corrected chi connectivity index (χ3v) is 5.18. The molecular weight excluding hydrogens is 471 g/mol. The van der Waals surface area contributed by atoms with Crippen LogP contribution < -0.4 is 0 Å². The summed E-state index contributed by atoms with van der Waals surface area (Å²) in [6.45, 7) is 1.69. The lowest BCUT2D eigenvalue weighted by Gasteiger charge is -2.12. The van der Waals surface area contributed by atoms with Crippen LogP contribution in [0.3, 0.4) is 0 Å². The number of hydrogen-bond donors (Lipinski definition) is 0.